The Balaban J connectivity index is 1.66. The molecule has 0 aromatic rings. The van der Waals surface area contributed by atoms with Crippen LogP contribution in [0, 0.1) is 5.92 Å². The number of fused-ring (bicyclic) bond motifs is 2. The summed E-state index contributed by atoms with van der Waals surface area (Å²) in [7, 11) is 0. The number of hydrogen-bond acceptors (Lipinski definition) is 5. The van der Waals surface area contributed by atoms with Crippen LogP contribution in [-0.2, 0) is 14.3 Å². The molecule has 2 saturated heterocycles. The number of nitrogens with zero attached hydrogens (tertiary/aromatic N) is 1. The van der Waals surface area contributed by atoms with Crippen LogP contribution in [0.1, 0.15) is 32.6 Å². The Morgan fingerprint density at radius 3 is 2.47 bits per heavy atom. The normalized spacial score (nSPS) is 34.0. The molecule has 0 radical (unpaired) electrons. The summed E-state index contributed by atoms with van der Waals surface area (Å²) in [6.45, 7) is 4.66. The maximum absolute atomic E-state index is 12.2. The average molecular weight is 268 g/mol. The first kappa shape index (κ1) is 13.3. The van der Waals surface area contributed by atoms with E-state index in [2.05, 4.69) is 4.90 Å². The highest BCUT2D eigenvalue weighted by Gasteiger charge is 2.51. The van der Waals surface area contributed by atoms with Crippen molar-refractivity contribution < 1.29 is 14.3 Å². The molecule has 2 aliphatic heterocycles. The summed E-state index contributed by atoms with van der Waals surface area (Å²) >= 11 is 0. The maximum Gasteiger partial charge on any atom is 0.327 e. The van der Waals surface area contributed by atoms with Crippen molar-refractivity contribution >= 4 is 5.97 Å². The van der Waals surface area contributed by atoms with Crippen molar-refractivity contribution in [2.75, 3.05) is 26.2 Å². The lowest BCUT2D eigenvalue weighted by atomic mass is 9.93. The lowest BCUT2D eigenvalue weighted by molar-refractivity contribution is -0.152. The van der Waals surface area contributed by atoms with Crippen LogP contribution in [0.15, 0.2) is 0 Å². The van der Waals surface area contributed by atoms with Crippen LogP contribution in [0.3, 0.4) is 0 Å². The zero-order chi connectivity index (χ0) is 13.5. The Morgan fingerprint density at radius 1 is 1.32 bits per heavy atom. The average Bonchev–Trinajstić information content (AvgIpc) is 3.16. The molecule has 1 saturated carbocycles. The number of nitrogens with two attached hydrogens (primary N) is 1. The van der Waals surface area contributed by atoms with E-state index in [0.29, 0.717) is 31.3 Å². The van der Waals surface area contributed by atoms with E-state index in [9.17, 15) is 4.79 Å². The van der Waals surface area contributed by atoms with Gasteiger partial charge in [0.1, 0.15) is 5.54 Å². The van der Waals surface area contributed by atoms with E-state index in [4.69, 9.17) is 15.2 Å². The van der Waals surface area contributed by atoms with Gasteiger partial charge >= 0.3 is 5.97 Å². The number of likely N-dealkylation sites (tertiary alicyclic amines) is 1. The molecule has 0 spiro atoms. The van der Waals surface area contributed by atoms with Crippen LogP contribution in [-0.4, -0.2) is 54.9 Å². The molecule has 1 aliphatic carbocycles. The van der Waals surface area contributed by atoms with E-state index in [0.717, 1.165) is 38.8 Å². The predicted molar refractivity (Wildman–Crippen MR) is 70.6 cm³/mol. The molecule has 3 fully saturated rings. The van der Waals surface area contributed by atoms with Gasteiger partial charge in [0.2, 0.25) is 0 Å². The van der Waals surface area contributed by atoms with Crippen molar-refractivity contribution in [2.24, 2.45) is 11.7 Å². The van der Waals surface area contributed by atoms with Crippen LogP contribution >= 0.6 is 0 Å². The molecule has 3 rings (SSSR count). The highest BCUT2D eigenvalue weighted by molar-refractivity contribution is 5.82. The number of rotatable bonds is 5. The van der Waals surface area contributed by atoms with Crippen molar-refractivity contribution in [3.8, 4) is 0 Å². The fourth-order valence-electron chi connectivity index (χ4n) is 3.42. The monoisotopic (exact) mass is 268 g/mol. The van der Waals surface area contributed by atoms with Crippen molar-refractivity contribution in [3.63, 3.8) is 0 Å². The summed E-state index contributed by atoms with van der Waals surface area (Å²) < 4.78 is 11.0. The lowest BCUT2D eigenvalue weighted by Gasteiger charge is -2.38. The van der Waals surface area contributed by atoms with Gasteiger partial charge in [-0.05, 0) is 38.5 Å². The molecule has 0 aromatic heterocycles. The Kier molecular flexibility index (Phi) is 3.53. The summed E-state index contributed by atoms with van der Waals surface area (Å²) in [6.07, 6.45) is 5.05. The fraction of sp³-hybridized carbons (Fsp3) is 0.929. The van der Waals surface area contributed by atoms with Crippen molar-refractivity contribution in [1.29, 1.82) is 0 Å². The molecular weight excluding hydrogens is 244 g/mol. The number of ether oxygens (including phenoxy) is 2. The van der Waals surface area contributed by atoms with E-state index in [1.807, 2.05) is 6.92 Å². The van der Waals surface area contributed by atoms with Gasteiger partial charge in [-0.25, -0.2) is 4.79 Å². The minimum Gasteiger partial charge on any atom is -0.465 e. The first-order valence-corrected chi connectivity index (χ1v) is 7.45. The molecule has 3 atom stereocenters. The van der Waals surface area contributed by atoms with E-state index < -0.39 is 5.54 Å². The van der Waals surface area contributed by atoms with Crippen molar-refractivity contribution in [2.45, 2.75) is 50.4 Å². The van der Waals surface area contributed by atoms with Crippen LogP contribution in [0.4, 0.5) is 0 Å². The summed E-state index contributed by atoms with van der Waals surface area (Å²) in [5.41, 5.74) is 5.61. The summed E-state index contributed by atoms with van der Waals surface area (Å²) in [5.74, 6) is 0.0726. The maximum atomic E-state index is 12.2. The topological polar surface area (TPSA) is 64.8 Å². The van der Waals surface area contributed by atoms with Crippen LogP contribution in [0.5, 0.6) is 0 Å². The first-order valence-electron chi connectivity index (χ1n) is 7.45. The number of carbonyl (C=O) groups is 1. The summed E-state index contributed by atoms with van der Waals surface area (Å²) in [6, 6.07) is 0. The van der Waals surface area contributed by atoms with Crippen molar-refractivity contribution in [3.05, 3.63) is 0 Å². The predicted octanol–water partition coefficient (Wildman–Crippen LogP) is 0.520. The van der Waals surface area contributed by atoms with E-state index in [-0.39, 0.29) is 5.97 Å². The molecule has 108 valence electrons. The minimum atomic E-state index is -0.813. The van der Waals surface area contributed by atoms with Gasteiger partial charge in [0.05, 0.1) is 18.8 Å². The Labute approximate surface area is 114 Å². The largest absolute Gasteiger partial charge is 0.465 e. The number of esters is 1. The molecule has 0 aromatic carbocycles. The second-order valence-corrected chi connectivity index (χ2v) is 6.19. The molecule has 2 bridgehead atoms. The van der Waals surface area contributed by atoms with Crippen LogP contribution < -0.4 is 5.73 Å². The smallest absolute Gasteiger partial charge is 0.327 e. The van der Waals surface area contributed by atoms with Crippen LogP contribution in [0.25, 0.3) is 0 Å². The molecule has 5 heteroatoms. The van der Waals surface area contributed by atoms with Gasteiger partial charge in [0.15, 0.2) is 0 Å². The summed E-state index contributed by atoms with van der Waals surface area (Å²) in [4.78, 5) is 14.5. The molecule has 3 unspecified atom stereocenters. The van der Waals surface area contributed by atoms with E-state index in [1.165, 1.54) is 0 Å². The molecule has 0 amide bonds. The third-order valence-electron chi connectivity index (χ3n) is 4.57. The van der Waals surface area contributed by atoms with Gasteiger partial charge in [-0.1, -0.05) is 0 Å². The second-order valence-electron chi connectivity index (χ2n) is 6.19. The van der Waals surface area contributed by atoms with Gasteiger partial charge in [-0.3, -0.25) is 4.90 Å². The molecule has 2 heterocycles. The Hall–Kier alpha value is -0.650. The Morgan fingerprint density at radius 2 is 1.95 bits per heavy atom. The first-order chi connectivity index (χ1) is 9.11. The number of hydrogen-bond donors (Lipinski definition) is 1. The quantitative estimate of drug-likeness (QED) is 0.736. The molecule has 5 nitrogen and oxygen atoms in total. The standard InChI is InChI=1S/C14H24N2O3/c1-2-18-13(17)14(15,10-3-4-10)9-16-7-11-5-6-12(8-16)19-11/h10-12H,2-9,15H2,1H3. The van der Waals surface area contributed by atoms with Gasteiger partial charge in [0.25, 0.3) is 0 Å². The number of carbonyl (C=O) groups excluding carboxylic acids is 1. The van der Waals surface area contributed by atoms with E-state index in [1.54, 1.807) is 0 Å². The Bertz CT molecular complexity index is 347. The second kappa shape index (κ2) is 5.04. The lowest BCUT2D eigenvalue weighted by Crippen LogP contribution is -2.60. The van der Waals surface area contributed by atoms with Gasteiger partial charge in [-0.2, -0.15) is 0 Å². The highest BCUT2D eigenvalue weighted by atomic mass is 16.5. The number of morpholine rings is 1. The zero-order valence-electron chi connectivity index (χ0n) is 11.6. The molecular formula is C14H24N2O3. The third kappa shape index (κ3) is 2.64. The summed E-state index contributed by atoms with van der Waals surface area (Å²) in [5, 5.41) is 0. The SMILES string of the molecule is CCOC(=O)C(N)(CN1CC2CCC(C1)O2)C1CC1. The fourth-order valence-corrected chi connectivity index (χ4v) is 3.42. The third-order valence-corrected chi connectivity index (χ3v) is 4.57. The van der Waals surface area contributed by atoms with E-state index >= 15 is 0 Å². The molecule has 2 N–H and O–H groups in total. The highest BCUT2D eigenvalue weighted by Crippen LogP contribution is 2.40. The van der Waals surface area contributed by atoms with Gasteiger partial charge in [-0.15, -0.1) is 0 Å². The van der Waals surface area contributed by atoms with Gasteiger partial charge in [0, 0.05) is 19.6 Å². The molecule has 19 heavy (non-hydrogen) atoms. The van der Waals surface area contributed by atoms with Crippen LogP contribution in [0.2, 0.25) is 0 Å². The minimum absolute atomic E-state index is 0.226. The molecule has 3 aliphatic rings. The van der Waals surface area contributed by atoms with Gasteiger partial charge < -0.3 is 15.2 Å². The zero-order valence-corrected chi connectivity index (χ0v) is 11.6. The van der Waals surface area contributed by atoms with Crippen molar-refractivity contribution in [1.82, 2.24) is 4.90 Å².